The lowest BCUT2D eigenvalue weighted by Crippen LogP contribution is -2.27. The summed E-state index contributed by atoms with van der Waals surface area (Å²) in [7, 11) is 0. The van der Waals surface area contributed by atoms with Crippen molar-refractivity contribution in [1.29, 1.82) is 0 Å². The Kier molecular flexibility index (Phi) is 7.12. The van der Waals surface area contributed by atoms with Crippen LogP contribution in [0.5, 0.6) is 11.5 Å². The Bertz CT molecular complexity index is 643. The van der Waals surface area contributed by atoms with Crippen LogP contribution in [0.15, 0.2) is 23.1 Å². The lowest BCUT2D eigenvalue weighted by atomic mass is 10.2. The second-order valence-corrected chi connectivity index (χ2v) is 6.94. The molecule has 2 rings (SSSR count). The Morgan fingerprint density at radius 3 is 2.62 bits per heavy atom. The molecule has 1 amide bonds. The molecule has 1 aliphatic heterocycles. The lowest BCUT2D eigenvalue weighted by molar-refractivity contribution is -0.121. The van der Waals surface area contributed by atoms with Gasteiger partial charge in [-0.25, -0.2) is 0 Å². The summed E-state index contributed by atoms with van der Waals surface area (Å²) in [5.41, 5.74) is 0.901. The number of carbonyl (C=O) groups excluding carboxylic acids is 1. The van der Waals surface area contributed by atoms with E-state index in [0.29, 0.717) is 34.7 Å². The van der Waals surface area contributed by atoms with Crippen LogP contribution in [-0.4, -0.2) is 34.9 Å². The highest BCUT2D eigenvalue weighted by atomic mass is 32.2. The number of thiocarbonyl (C=S) groups is 1. The zero-order valence-electron chi connectivity index (χ0n) is 14.3. The van der Waals surface area contributed by atoms with Crippen LogP contribution in [0.3, 0.4) is 0 Å². The lowest BCUT2D eigenvalue weighted by Gasteiger charge is -2.12. The molecule has 0 aromatic heterocycles. The topological polar surface area (TPSA) is 38.8 Å². The van der Waals surface area contributed by atoms with Crippen molar-refractivity contribution in [3.05, 3.63) is 28.7 Å². The zero-order chi connectivity index (χ0) is 17.5. The van der Waals surface area contributed by atoms with Crippen molar-refractivity contribution < 1.29 is 14.3 Å². The molecule has 1 fully saturated rings. The molecule has 0 N–H and O–H groups in total. The first-order chi connectivity index (χ1) is 11.6. The molecule has 130 valence electrons. The summed E-state index contributed by atoms with van der Waals surface area (Å²) in [5, 5.41) is 0. The molecule has 0 unspecified atom stereocenters. The fourth-order valence-electron chi connectivity index (χ4n) is 2.25. The van der Waals surface area contributed by atoms with Crippen molar-refractivity contribution in [2.24, 2.45) is 0 Å². The van der Waals surface area contributed by atoms with Gasteiger partial charge in [-0.05, 0) is 44.0 Å². The van der Waals surface area contributed by atoms with Crippen LogP contribution < -0.4 is 9.47 Å². The van der Waals surface area contributed by atoms with Gasteiger partial charge in [-0.1, -0.05) is 43.4 Å². The normalized spacial score (nSPS) is 16.1. The summed E-state index contributed by atoms with van der Waals surface area (Å²) in [4.78, 5) is 14.5. The Morgan fingerprint density at radius 1 is 1.21 bits per heavy atom. The third kappa shape index (κ3) is 4.51. The summed E-state index contributed by atoms with van der Waals surface area (Å²) in [6.07, 6.45) is 3.95. The number of hydrogen-bond acceptors (Lipinski definition) is 5. The van der Waals surface area contributed by atoms with E-state index < -0.39 is 0 Å². The van der Waals surface area contributed by atoms with E-state index in [2.05, 4.69) is 6.92 Å². The Hall–Kier alpha value is -1.53. The molecule has 0 spiro atoms. The molecule has 4 nitrogen and oxygen atoms in total. The van der Waals surface area contributed by atoms with Gasteiger partial charge in [0.15, 0.2) is 11.5 Å². The number of ether oxygens (including phenoxy) is 2. The minimum Gasteiger partial charge on any atom is -0.490 e. The van der Waals surface area contributed by atoms with Crippen molar-refractivity contribution in [2.45, 2.75) is 33.6 Å². The van der Waals surface area contributed by atoms with Gasteiger partial charge < -0.3 is 9.47 Å². The Balaban J connectivity index is 2.22. The molecular formula is C18H23NO3S2. The number of rotatable bonds is 8. The summed E-state index contributed by atoms with van der Waals surface area (Å²) in [6, 6.07) is 5.73. The third-order valence-electron chi connectivity index (χ3n) is 3.51. The zero-order valence-corrected chi connectivity index (χ0v) is 16.0. The van der Waals surface area contributed by atoms with Gasteiger partial charge in [-0.2, -0.15) is 0 Å². The summed E-state index contributed by atoms with van der Waals surface area (Å²) in [6.45, 7) is 7.81. The number of benzene rings is 1. The van der Waals surface area contributed by atoms with Gasteiger partial charge in [0, 0.05) is 6.54 Å². The highest BCUT2D eigenvalue weighted by Gasteiger charge is 2.30. The van der Waals surface area contributed by atoms with Crippen molar-refractivity contribution in [3.8, 4) is 11.5 Å². The first-order valence-corrected chi connectivity index (χ1v) is 9.48. The highest BCUT2D eigenvalue weighted by molar-refractivity contribution is 8.26. The van der Waals surface area contributed by atoms with E-state index in [4.69, 9.17) is 21.7 Å². The molecule has 0 radical (unpaired) electrons. The number of likely N-dealkylation sites (N-methyl/N-ethyl adjacent to an activating group) is 1. The minimum atomic E-state index is -0.0336. The van der Waals surface area contributed by atoms with Crippen LogP contribution >= 0.6 is 24.0 Å². The fraction of sp³-hybridized carbons (Fsp3) is 0.444. The Morgan fingerprint density at radius 2 is 2.00 bits per heavy atom. The number of thioether (sulfide) groups is 1. The molecule has 1 aliphatic rings. The number of hydrogen-bond donors (Lipinski definition) is 0. The first-order valence-electron chi connectivity index (χ1n) is 8.25. The van der Waals surface area contributed by atoms with Gasteiger partial charge in [0.1, 0.15) is 4.32 Å². The van der Waals surface area contributed by atoms with Gasteiger partial charge in [0.25, 0.3) is 5.91 Å². The number of amides is 1. The molecule has 0 aliphatic carbocycles. The van der Waals surface area contributed by atoms with Crippen LogP contribution in [0, 0.1) is 0 Å². The van der Waals surface area contributed by atoms with E-state index in [-0.39, 0.29) is 5.91 Å². The number of unbranched alkanes of at least 4 members (excludes halogenated alkanes) is 1. The molecule has 0 saturated carbocycles. The molecule has 24 heavy (non-hydrogen) atoms. The first kappa shape index (κ1) is 18.8. The van der Waals surface area contributed by atoms with Crippen molar-refractivity contribution >= 4 is 40.3 Å². The quantitative estimate of drug-likeness (QED) is 0.386. The van der Waals surface area contributed by atoms with Crippen LogP contribution in [0.1, 0.15) is 39.2 Å². The molecular weight excluding hydrogens is 342 g/mol. The monoisotopic (exact) mass is 365 g/mol. The van der Waals surface area contributed by atoms with Crippen LogP contribution in [0.4, 0.5) is 0 Å². The molecule has 1 aromatic carbocycles. The van der Waals surface area contributed by atoms with E-state index in [1.54, 1.807) is 4.90 Å². The maximum absolute atomic E-state index is 12.3. The summed E-state index contributed by atoms with van der Waals surface area (Å²) < 4.78 is 12.1. The van der Waals surface area contributed by atoms with Gasteiger partial charge in [-0.15, -0.1) is 0 Å². The number of carbonyl (C=O) groups is 1. The number of nitrogens with zero attached hydrogens (tertiary/aromatic N) is 1. The molecule has 6 heteroatoms. The average Bonchev–Trinajstić information content (AvgIpc) is 2.83. The standard InChI is InChI=1S/C18H23NO3S2/c1-4-7-10-22-14-9-8-13(11-15(14)21-6-3)12-16-17(20)19(5-2)18(23)24-16/h8-9,11-12H,4-7,10H2,1-3H3. The van der Waals surface area contributed by atoms with Crippen molar-refractivity contribution in [3.63, 3.8) is 0 Å². The van der Waals surface area contributed by atoms with Crippen LogP contribution in [-0.2, 0) is 4.79 Å². The molecule has 1 heterocycles. The van der Waals surface area contributed by atoms with Crippen LogP contribution in [0.25, 0.3) is 6.08 Å². The second-order valence-electron chi connectivity index (χ2n) is 5.27. The molecule has 1 aromatic rings. The van der Waals surface area contributed by atoms with Gasteiger partial charge in [0.05, 0.1) is 18.1 Å². The molecule has 0 atom stereocenters. The van der Waals surface area contributed by atoms with Gasteiger partial charge in [0.2, 0.25) is 0 Å². The van der Waals surface area contributed by atoms with E-state index >= 15 is 0 Å². The minimum absolute atomic E-state index is 0.0336. The van der Waals surface area contributed by atoms with E-state index in [0.717, 1.165) is 24.2 Å². The maximum atomic E-state index is 12.3. The maximum Gasteiger partial charge on any atom is 0.266 e. The smallest absolute Gasteiger partial charge is 0.266 e. The summed E-state index contributed by atoms with van der Waals surface area (Å²) >= 11 is 6.58. The second kappa shape index (κ2) is 9.08. The van der Waals surface area contributed by atoms with E-state index in [1.165, 1.54) is 11.8 Å². The fourth-order valence-corrected chi connectivity index (χ4v) is 3.64. The molecule has 0 bridgehead atoms. The van der Waals surface area contributed by atoms with E-state index in [9.17, 15) is 4.79 Å². The Labute approximate surface area is 153 Å². The predicted molar refractivity (Wildman–Crippen MR) is 104 cm³/mol. The van der Waals surface area contributed by atoms with Gasteiger partial charge in [-0.3, -0.25) is 9.69 Å². The average molecular weight is 366 g/mol. The highest BCUT2D eigenvalue weighted by Crippen LogP contribution is 2.34. The SMILES string of the molecule is CCCCOc1ccc(C=C2SC(=S)N(CC)C2=O)cc1OCC. The van der Waals surface area contributed by atoms with Crippen molar-refractivity contribution in [1.82, 2.24) is 4.90 Å². The third-order valence-corrected chi connectivity index (χ3v) is 4.89. The van der Waals surface area contributed by atoms with E-state index in [1.807, 2.05) is 38.1 Å². The molecule has 1 saturated heterocycles. The van der Waals surface area contributed by atoms with Gasteiger partial charge >= 0.3 is 0 Å². The largest absolute Gasteiger partial charge is 0.490 e. The van der Waals surface area contributed by atoms with Crippen molar-refractivity contribution in [2.75, 3.05) is 19.8 Å². The summed E-state index contributed by atoms with van der Waals surface area (Å²) in [5.74, 6) is 1.41. The predicted octanol–water partition coefficient (Wildman–Crippen LogP) is 4.49. The van der Waals surface area contributed by atoms with Crippen LogP contribution in [0.2, 0.25) is 0 Å².